The molecular formula is C16H12F3N3OS. The SMILES string of the molecule is O=C(Nc1ncc(Cc2cccc(C(F)(F)F)c2)s1)c1ccc[nH]1. The third-order valence-electron chi connectivity index (χ3n) is 3.25. The zero-order valence-corrected chi connectivity index (χ0v) is 13.0. The number of aromatic nitrogens is 2. The number of rotatable bonds is 4. The van der Waals surface area contributed by atoms with E-state index in [1.165, 1.54) is 17.4 Å². The van der Waals surface area contributed by atoms with Gasteiger partial charge in [-0.15, -0.1) is 11.3 Å². The van der Waals surface area contributed by atoms with E-state index in [2.05, 4.69) is 15.3 Å². The van der Waals surface area contributed by atoms with Crippen LogP contribution in [0.2, 0.25) is 0 Å². The van der Waals surface area contributed by atoms with Crippen LogP contribution in [-0.2, 0) is 12.6 Å². The van der Waals surface area contributed by atoms with Crippen LogP contribution < -0.4 is 5.32 Å². The lowest BCUT2D eigenvalue weighted by Gasteiger charge is -2.07. The Morgan fingerprint density at radius 3 is 2.79 bits per heavy atom. The summed E-state index contributed by atoms with van der Waals surface area (Å²) >= 11 is 1.23. The second-order valence-electron chi connectivity index (χ2n) is 5.04. The van der Waals surface area contributed by atoms with Gasteiger partial charge in [0.1, 0.15) is 5.69 Å². The summed E-state index contributed by atoms with van der Waals surface area (Å²) in [6.07, 6.45) is -0.857. The van der Waals surface area contributed by atoms with Gasteiger partial charge in [0.25, 0.3) is 5.91 Å². The Morgan fingerprint density at radius 1 is 1.25 bits per heavy atom. The van der Waals surface area contributed by atoms with Crippen molar-refractivity contribution in [3.8, 4) is 0 Å². The first kappa shape index (κ1) is 16.3. The number of carbonyl (C=O) groups is 1. The molecule has 0 aliphatic carbocycles. The molecule has 0 aliphatic heterocycles. The quantitative estimate of drug-likeness (QED) is 0.735. The summed E-state index contributed by atoms with van der Waals surface area (Å²) < 4.78 is 38.2. The van der Waals surface area contributed by atoms with Crippen molar-refractivity contribution >= 4 is 22.4 Å². The monoisotopic (exact) mass is 351 g/mol. The number of hydrogen-bond donors (Lipinski definition) is 2. The maximum Gasteiger partial charge on any atom is 0.416 e. The van der Waals surface area contributed by atoms with Gasteiger partial charge >= 0.3 is 6.18 Å². The van der Waals surface area contributed by atoms with Gasteiger partial charge < -0.3 is 4.98 Å². The number of carbonyl (C=O) groups excluding carboxylic acids is 1. The number of hydrogen-bond acceptors (Lipinski definition) is 3. The summed E-state index contributed by atoms with van der Waals surface area (Å²) in [5.41, 5.74) is 0.269. The first-order valence-electron chi connectivity index (χ1n) is 6.97. The summed E-state index contributed by atoms with van der Waals surface area (Å²) in [5, 5.41) is 3.04. The molecule has 0 saturated carbocycles. The van der Waals surface area contributed by atoms with E-state index in [0.717, 1.165) is 17.0 Å². The van der Waals surface area contributed by atoms with Crippen LogP contribution in [0.15, 0.2) is 48.8 Å². The Balaban J connectivity index is 1.69. The van der Waals surface area contributed by atoms with Crippen LogP contribution in [0.3, 0.4) is 0 Å². The third-order valence-corrected chi connectivity index (χ3v) is 4.16. The van der Waals surface area contributed by atoms with Crippen LogP contribution in [0.5, 0.6) is 0 Å². The highest BCUT2D eigenvalue weighted by Gasteiger charge is 2.30. The first-order valence-corrected chi connectivity index (χ1v) is 7.79. The highest BCUT2D eigenvalue weighted by molar-refractivity contribution is 7.15. The summed E-state index contributed by atoms with van der Waals surface area (Å²) in [6.45, 7) is 0. The molecule has 1 aromatic carbocycles. The molecule has 0 aliphatic rings. The summed E-state index contributed by atoms with van der Waals surface area (Å²) in [5.74, 6) is -0.319. The van der Waals surface area contributed by atoms with Gasteiger partial charge in [0.05, 0.1) is 5.56 Å². The molecule has 4 nitrogen and oxygen atoms in total. The maximum absolute atomic E-state index is 12.7. The average molecular weight is 351 g/mol. The number of benzene rings is 1. The molecule has 3 rings (SSSR count). The van der Waals surface area contributed by atoms with Gasteiger partial charge in [0.2, 0.25) is 0 Å². The molecule has 0 unspecified atom stereocenters. The second kappa shape index (κ2) is 6.48. The molecule has 0 bridgehead atoms. The molecule has 1 amide bonds. The van der Waals surface area contributed by atoms with E-state index < -0.39 is 11.7 Å². The molecule has 124 valence electrons. The molecule has 0 spiro atoms. The molecule has 0 fully saturated rings. The van der Waals surface area contributed by atoms with Crippen molar-refractivity contribution in [3.63, 3.8) is 0 Å². The van der Waals surface area contributed by atoms with Crippen LogP contribution in [-0.4, -0.2) is 15.9 Å². The summed E-state index contributed by atoms with van der Waals surface area (Å²) in [4.78, 5) is 19.5. The number of thiazole rings is 1. The molecule has 0 atom stereocenters. The Labute approximate surface area is 139 Å². The standard InChI is InChI=1S/C16H12F3N3OS/c17-16(18,19)11-4-1-3-10(7-11)8-12-9-21-15(24-12)22-14(23)13-5-2-6-20-13/h1-7,9,20H,8H2,(H,21,22,23). The first-order chi connectivity index (χ1) is 11.4. The second-order valence-corrected chi connectivity index (χ2v) is 6.16. The molecule has 24 heavy (non-hydrogen) atoms. The van der Waals surface area contributed by atoms with Crippen molar-refractivity contribution in [2.24, 2.45) is 0 Å². The van der Waals surface area contributed by atoms with E-state index in [0.29, 0.717) is 22.8 Å². The Kier molecular flexibility index (Phi) is 4.39. The highest BCUT2D eigenvalue weighted by Crippen LogP contribution is 2.30. The number of H-pyrrole nitrogens is 1. The minimum atomic E-state index is -4.36. The number of nitrogens with one attached hydrogen (secondary N) is 2. The molecule has 0 radical (unpaired) electrons. The van der Waals surface area contributed by atoms with Gasteiger partial charge in [-0.05, 0) is 23.8 Å². The fourth-order valence-electron chi connectivity index (χ4n) is 2.14. The zero-order valence-electron chi connectivity index (χ0n) is 12.2. The van der Waals surface area contributed by atoms with Gasteiger partial charge in [-0.2, -0.15) is 13.2 Å². The van der Waals surface area contributed by atoms with E-state index in [4.69, 9.17) is 0 Å². The van der Waals surface area contributed by atoms with Gasteiger partial charge in [-0.3, -0.25) is 10.1 Å². The minimum Gasteiger partial charge on any atom is -0.357 e. The van der Waals surface area contributed by atoms with E-state index in [9.17, 15) is 18.0 Å². The van der Waals surface area contributed by atoms with Crippen molar-refractivity contribution in [3.05, 3.63) is 70.5 Å². The molecule has 3 aromatic rings. The van der Waals surface area contributed by atoms with Crippen molar-refractivity contribution < 1.29 is 18.0 Å². The fourth-order valence-corrected chi connectivity index (χ4v) is 2.98. The van der Waals surface area contributed by atoms with Crippen LogP contribution in [0.1, 0.15) is 26.5 Å². The van der Waals surface area contributed by atoms with Crippen molar-refractivity contribution in [1.82, 2.24) is 9.97 Å². The number of amides is 1. The van der Waals surface area contributed by atoms with Crippen molar-refractivity contribution in [2.45, 2.75) is 12.6 Å². The molecular weight excluding hydrogens is 339 g/mol. The molecule has 2 heterocycles. The van der Waals surface area contributed by atoms with Crippen LogP contribution in [0, 0.1) is 0 Å². The van der Waals surface area contributed by atoms with Gasteiger partial charge in [0.15, 0.2) is 5.13 Å². The molecule has 2 N–H and O–H groups in total. The van der Waals surface area contributed by atoms with Gasteiger partial charge in [0, 0.05) is 23.7 Å². The van der Waals surface area contributed by atoms with Crippen molar-refractivity contribution in [2.75, 3.05) is 5.32 Å². The molecule has 2 aromatic heterocycles. The normalized spacial score (nSPS) is 11.5. The van der Waals surface area contributed by atoms with Gasteiger partial charge in [-0.25, -0.2) is 4.98 Å². The molecule has 8 heteroatoms. The van der Waals surface area contributed by atoms with E-state index in [-0.39, 0.29) is 5.91 Å². The predicted molar refractivity (Wildman–Crippen MR) is 85.1 cm³/mol. The highest BCUT2D eigenvalue weighted by atomic mass is 32.1. The third kappa shape index (κ3) is 3.83. The Morgan fingerprint density at radius 2 is 2.08 bits per heavy atom. The van der Waals surface area contributed by atoms with E-state index in [1.54, 1.807) is 30.6 Å². The van der Waals surface area contributed by atoms with Gasteiger partial charge in [-0.1, -0.05) is 18.2 Å². The van der Waals surface area contributed by atoms with Crippen LogP contribution >= 0.6 is 11.3 Å². The number of aromatic amines is 1. The van der Waals surface area contributed by atoms with E-state index >= 15 is 0 Å². The number of anilines is 1. The number of nitrogens with zero attached hydrogens (tertiary/aromatic N) is 1. The lowest BCUT2D eigenvalue weighted by molar-refractivity contribution is -0.137. The molecule has 0 saturated heterocycles. The summed E-state index contributed by atoms with van der Waals surface area (Å²) in [7, 11) is 0. The smallest absolute Gasteiger partial charge is 0.357 e. The van der Waals surface area contributed by atoms with Crippen molar-refractivity contribution in [1.29, 1.82) is 0 Å². The lowest BCUT2D eigenvalue weighted by Crippen LogP contribution is -2.11. The lowest BCUT2D eigenvalue weighted by atomic mass is 10.1. The summed E-state index contributed by atoms with van der Waals surface area (Å²) in [6, 6.07) is 8.51. The van der Waals surface area contributed by atoms with E-state index in [1.807, 2.05) is 0 Å². The zero-order chi connectivity index (χ0) is 17.2. The fraction of sp³-hybridized carbons (Fsp3) is 0.125. The average Bonchev–Trinajstić information content (AvgIpc) is 3.18. The van der Waals surface area contributed by atoms with Crippen LogP contribution in [0.25, 0.3) is 0 Å². The Hall–Kier alpha value is -2.61. The largest absolute Gasteiger partial charge is 0.416 e. The number of alkyl halides is 3. The Bertz CT molecular complexity index is 840. The maximum atomic E-state index is 12.7. The topological polar surface area (TPSA) is 57.8 Å². The number of halogens is 3. The minimum absolute atomic E-state index is 0.319. The van der Waals surface area contributed by atoms with Crippen LogP contribution in [0.4, 0.5) is 18.3 Å². The predicted octanol–water partition coefficient (Wildman–Crippen LogP) is 4.33.